The van der Waals surface area contributed by atoms with Crippen LogP contribution in [0.5, 0.6) is 0 Å². The topological polar surface area (TPSA) is 53.0 Å². The molecule has 0 bridgehead atoms. The molecule has 0 aliphatic carbocycles. The number of likely N-dealkylation sites (tertiary alicyclic amines) is 1. The second-order valence-corrected chi connectivity index (χ2v) is 5.64. The number of sulfonamides is 1. The normalized spacial score (nSPS) is 29.2. The minimum absolute atomic E-state index is 0.319. The Morgan fingerprint density at radius 2 is 2.15 bits per heavy atom. The molecule has 6 heteroatoms. The average Bonchev–Trinajstić information content (AvgIpc) is 2.40. The van der Waals surface area contributed by atoms with Gasteiger partial charge < -0.3 is 4.90 Å². The third-order valence-corrected chi connectivity index (χ3v) is 3.43. The lowest BCUT2D eigenvalue weighted by Crippen LogP contribution is -2.27. The zero-order chi connectivity index (χ0) is 9.64. The van der Waals surface area contributed by atoms with Crippen LogP contribution in [-0.4, -0.2) is 56.4 Å². The highest BCUT2D eigenvalue weighted by molar-refractivity contribution is 7.88. The number of hydrogen-bond acceptors (Lipinski definition) is 4. The summed E-state index contributed by atoms with van der Waals surface area (Å²) in [6.07, 6.45) is 1.20. The number of hydrazone groups is 1. The maximum absolute atomic E-state index is 11.2. The summed E-state index contributed by atoms with van der Waals surface area (Å²) in [5.74, 6) is 0.319. The molecule has 0 N–H and O–H groups in total. The minimum Gasteiger partial charge on any atom is -0.300 e. The van der Waals surface area contributed by atoms with Gasteiger partial charge in [-0.2, -0.15) is 9.52 Å². The number of nitrogens with zero attached hydrogens (tertiary/aromatic N) is 3. The van der Waals surface area contributed by atoms with Gasteiger partial charge in [-0.3, -0.25) is 0 Å². The van der Waals surface area contributed by atoms with Crippen molar-refractivity contribution < 1.29 is 8.42 Å². The Hall–Kier alpha value is -0.620. The van der Waals surface area contributed by atoms with Gasteiger partial charge in [0.2, 0.25) is 10.0 Å². The summed E-state index contributed by atoms with van der Waals surface area (Å²) in [7, 11) is -1.12. The Morgan fingerprint density at radius 3 is 2.69 bits per heavy atom. The summed E-state index contributed by atoms with van der Waals surface area (Å²) in [6.45, 7) is 2.25. The Morgan fingerprint density at radius 1 is 1.46 bits per heavy atom. The molecule has 0 aromatic heterocycles. The Bertz CT molecular complexity index is 349. The standard InChI is InChI=1S/C7H13N3O2S/c1-9-3-6-4-10(13(2,11)12)8-7(6)5-9/h6H,3-5H2,1-2H3. The van der Waals surface area contributed by atoms with E-state index in [2.05, 4.69) is 10.0 Å². The predicted octanol–water partition coefficient (Wildman–Crippen LogP) is -0.821. The SMILES string of the molecule is CN1CC2=NN(S(C)(=O)=O)CC2C1. The van der Waals surface area contributed by atoms with Crippen LogP contribution in [0.15, 0.2) is 5.10 Å². The van der Waals surface area contributed by atoms with E-state index in [1.54, 1.807) is 0 Å². The molecule has 0 amide bonds. The highest BCUT2D eigenvalue weighted by atomic mass is 32.2. The molecule has 0 spiro atoms. The second kappa shape index (κ2) is 2.68. The number of rotatable bonds is 1. The summed E-state index contributed by atoms with van der Waals surface area (Å²) >= 11 is 0. The summed E-state index contributed by atoms with van der Waals surface area (Å²) in [6, 6.07) is 0. The van der Waals surface area contributed by atoms with Crippen LogP contribution in [0.3, 0.4) is 0 Å². The van der Waals surface area contributed by atoms with Crippen molar-refractivity contribution in [3.05, 3.63) is 0 Å². The molecule has 2 rings (SSSR count). The van der Waals surface area contributed by atoms with Crippen molar-refractivity contribution in [1.29, 1.82) is 0 Å². The van der Waals surface area contributed by atoms with Crippen molar-refractivity contribution in [2.45, 2.75) is 0 Å². The lowest BCUT2D eigenvalue weighted by Gasteiger charge is -2.14. The van der Waals surface area contributed by atoms with E-state index in [1.165, 1.54) is 10.7 Å². The molecule has 74 valence electrons. The third kappa shape index (κ3) is 1.55. The van der Waals surface area contributed by atoms with Gasteiger partial charge in [-0.1, -0.05) is 0 Å². The maximum Gasteiger partial charge on any atom is 0.246 e. The molecule has 2 aliphatic rings. The van der Waals surface area contributed by atoms with E-state index >= 15 is 0 Å². The lowest BCUT2D eigenvalue weighted by atomic mass is 10.1. The fourth-order valence-electron chi connectivity index (χ4n) is 1.81. The molecule has 1 fully saturated rings. The van der Waals surface area contributed by atoms with Crippen LogP contribution in [-0.2, 0) is 10.0 Å². The molecular formula is C7H13N3O2S. The van der Waals surface area contributed by atoms with Crippen LogP contribution in [0.4, 0.5) is 0 Å². The first-order valence-electron chi connectivity index (χ1n) is 4.20. The van der Waals surface area contributed by atoms with Gasteiger partial charge in [-0.25, -0.2) is 8.42 Å². The molecule has 0 radical (unpaired) electrons. The first-order valence-corrected chi connectivity index (χ1v) is 6.05. The molecule has 5 nitrogen and oxygen atoms in total. The Kier molecular flexibility index (Phi) is 1.85. The zero-order valence-electron chi connectivity index (χ0n) is 7.77. The number of hydrogen-bond donors (Lipinski definition) is 0. The van der Waals surface area contributed by atoms with Crippen LogP contribution in [0.2, 0.25) is 0 Å². The number of fused-ring (bicyclic) bond motifs is 1. The molecule has 13 heavy (non-hydrogen) atoms. The first-order chi connectivity index (χ1) is 5.97. The molecule has 2 aliphatic heterocycles. The molecule has 0 aromatic rings. The largest absolute Gasteiger partial charge is 0.300 e. The monoisotopic (exact) mass is 203 g/mol. The van der Waals surface area contributed by atoms with E-state index in [1.807, 2.05) is 7.05 Å². The van der Waals surface area contributed by atoms with E-state index in [4.69, 9.17) is 0 Å². The van der Waals surface area contributed by atoms with Gasteiger partial charge in [0, 0.05) is 19.0 Å². The van der Waals surface area contributed by atoms with Gasteiger partial charge in [0.25, 0.3) is 0 Å². The minimum atomic E-state index is -3.13. The van der Waals surface area contributed by atoms with Crippen LogP contribution in [0, 0.1) is 5.92 Å². The van der Waals surface area contributed by atoms with Crippen molar-refractivity contribution in [3.8, 4) is 0 Å². The van der Waals surface area contributed by atoms with Crippen molar-refractivity contribution in [1.82, 2.24) is 9.31 Å². The van der Waals surface area contributed by atoms with Crippen molar-refractivity contribution in [2.24, 2.45) is 11.0 Å². The summed E-state index contributed by atoms with van der Waals surface area (Å²) in [5.41, 5.74) is 1.01. The lowest BCUT2D eigenvalue weighted by molar-refractivity contribution is 0.355. The van der Waals surface area contributed by atoms with Crippen molar-refractivity contribution in [3.63, 3.8) is 0 Å². The van der Waals surface area contributed by atoms with Crippen molar-refractivity contribution in [2.75, 3.05) is 32.9 Å². The van der Waals surface area contributed by atoms with Gasteiger partial charge in [0.1, 0.15) is 0 Å². The summed E-state index contributed by atoms with van der Waals surface area (Å²) in [5, 5.41) is 4.09. The Balaban J connectivity index is 2.19. The fourth-order valence-corrected chi connectivity index (χ4v) is 2.51. The smallest absolute Gasteiger partial charge is 0.246 e. The van der Waals surface area contributed by atoms with Gasteiger partial charge in [-0.05, 0) is 7.05 Å². The molecule has 1 atom stereocenters. The van der Waals surface area contributed by atoms with Crippen LogP contribution >= 0.6 is 0 Å². The van der Waals surface area contributed by atoms with Gasteiger partial charge in [0.15, 0.2) is 0 Å². The quantitative estimate of drug-likeness (QED) is 0.559. The van der Waals surface area contributed by atoms with Crippen molar-refractivity contribution >= 4 is 15.7 Å². The summed E-state index contributed by atoms with van der Waals surface area (Å²) < 4.78 is 23.5. The molecule has 1 saturated heterocycles. The fraction of sp³-hybridized carbons (Fsp3) is 0.857. The van der Waals surface area contributed by atoms with E-state index in [0.717, 1.165) is 18.8 Å². The predicted molar refractivity (Wildman–Crippen MR) is 50.0 cm³/mol. The van der Waals surface area contributed by atoms with Gasteiger partial charge in [-0.15, -0.1) is 0 Å². The third-order valence-electron chi connectivity index (χ3n) is 2.43. The summed E-state index contributed by atoms with van der Waals surface area (Å²) in [4.78, 5) is 2.16. The van der Waals surface area contributed by atoms with Crippen LogP contribution in [0.1, 0.15) is 0 Å². The van der Waals surface area contributed by atoms with E-state index < -0.39 is 10.0 Å². The van der Waals surface area contributed by atoms with Crippen LogP contribution < -0.4 is 0 Å². The molecule has 2 heterocycles. The Labute approximate surface area is 78.1 Å². The van der Waals surface area contributed by atoms with E-state index in [9.17, 15) is 8.42 Å². The second-order valence-electron chi connectivity index (χ2n) is 3.75. The van der Waals surface area contributed by atoms with Gasteiger partial charge >= 0.3 is 0 Å². The van der Waals surface area contributed by atoms with Gasteiger partial charge in [0.05, 0.1) is 18.5 Å². The molecule has 0 saturated carbocycles. The van der Waals surface area contributed by atoms with E-state index in [-0.39, 0.29) is 0 Å². The highest BCUT2D eigenvalue weighted by Crippen LogP contribution is 2.22. The molecular weight excluding hydrogens is 190 g/mol. The van der Waals surface area contributed by atoms with Crippen LogP contribution in [0.25, 0.3) is 0 Å². The van der Waals surface area contributed by atoms with E-state index in [0.29, 0.717) is 12.5 Å². The average molecular weight is 203 g/mol. The zero-order valence-corrected chi connectivity index (χ0v) is 8.58. The highest BCUT2D eigenvalue weighted by Gasteiger charge is 2.36. The maximum atomic E-state index is 11.2. The molecule has 1 unspecified atom stereocenters. The molecule has 0 aromatic carbocycles. The first kappa shape index (κ1) is 8.96.